The van der Waals surface area contributed by atoms with Crippen molar-refractivity contribution in [1.29, 1.82) is 0 Å². The second-order valence-corrected chi connectivity index (χ2v) is 9.07. The van der Waals surface area contributed by atoms with E-state index >= 15 is 0 Å². The number of aromatic nitrogens is 2. The minimum absolute atomic E-state index is 0.00908. The van der Waals surface area contributed by atoms with E-state index in [4.69, 9.17) is 5.73 Å². The Bertz CT molecular complexity index is 950. The number of amides is 2. The Morgan fingerprint density at radius 1 is 1.03 bits per heavy atom. The van der Waals surface area contributed by atoms with Crippen LogP contribution in [0.15, 0.2) is 36.7 Å². The van der Waals surface area contributed by atoms with Crippen LogP contribution in [0.1, 0.15) is 37.7 Å². The van der Waals surface area contributed by atoms with Crippen molar-refractivity contribution >= 4 is 17.8 Å². The summed E-state index contributed by atoms with van der Waals surface area (Å²) in [6.45, 7) is 3.97. The average Bonchev–Trinajstić information content (AvgIpc) is 2.88. The van der Waals surface area contributed by atoms with Crippen molar-refractivity contribution in [2.24, 2.45) is 11.7 Å². The quantitative estimate of drug-likeness (QED) is 0.726. The second-order valence-electron chi connectivity index (χ2n) is 9.07. The lowest BCUT2D eigenvalue weighted by Crippen LogP contribution is -2.44. The molecule has 2 amide bonds. The first-order valence-electron chi connectivity index (χ1n) is 11.9. The molecule has 2 aliphatic rings. The molecule has 2 N–H and O–H groups in total. The number of likely N-dealkylation sites (N-methyl/N-ethyl adjacent to an activating group) is 1. The standard InChI is InChI=1S/C25H34N6O2/c1-29(23(32)15-26)18-19-6-5-7-21(14-19)22-16-27-25(28-17-22)31-12-8-20(9-13-31)24(33)30-10-3-2-4-11-30/h5-7,14,16-17,20H,2-4,8-13,15,18,26H2,1H3. The van der Waals surface area contributed by atoms with Crippen LogP contribution < -0.4 is 10.6 Å². The first-order chi connectivity index (χ1) is 16.0. The van der Waals surface area contributed by atoms with Gasteiger partial charge in [-0.3, -0.25) is 9.59 Å². The van der Waals surface area contributed by atoms with E-state index in [0.29, 0.717) is 18.4 Å². The summed E-state index contributed by atoms with van der Waals surface area (Å²) in [7, 11) is 1.75. The summed E-state index contributed by atoms with van der Waals surface area (Å²) in [6.07, 6.45) is 8.93. The summed E-state index contributed by atoms with van der Waals surface area (Å²) >= 11 is 0. The zero-order chi connectivity index (χ0) is 23.2. The third-order valence-electron chi connectivity index (χ3n) is 6.71. The number of nitrogens with two attached hydrogens (primary N) is 1. The fourth-order valence-electron chi connectivity index (χ4n) is 4.70. The van der Waals surface area contributed by atoms with Crippen LogP contribution >= 0.6 is 0 Å². The molecule has 0 aliphatic carbocycles. The van der Waals surface area contributed by atoms with Gasteiger partial charge in [0.1, 0.15) is 0 Å². The van der Waals surface area contributed by atoms with Gasteiger partial charge in [0.2, 0.25) is 17.8 Å². The SMILES string of the molecule is CN(Cc1cccc(-c2cnc(N3CCC(C(=O)N4CCCCC4)CC3)nc2)c1)C(=O)CN. The maximum Gasteiger partial charge on any atom is 0.236 e. The van der Waals surface area contributed by atoms with Crippen LogP contribution in [-0.2, 0) is 16.1 Å². The Morgan fingerprint density at radius 2 is 1.73 bits per heavy atom. The van der Waals surface area contributed by atoms with Gasteiger partial charge in [-0.15, -0.1) is 0 Å². The van der Waals surface area contributed by atoms with Crippen molar-refractivity contribution in [3.05, 3.63) is 42.2 Å². The van der Waals surface area contributed by atoms with E-state index in [2.05, 4.69) is 25.8 Å². The predicted octanol–water partition coefficient (Wildman–Crippen LogP) is 2.29. The molecule has 1 aromatic heterocycles. The number of hydrogen-bond acceptors (Lipinski definition) is 6. The number of hydrogen-bond donors (Lipinski definition) is 1. The lowest BCUT2D eigenvalue weighted by molar-refractivity contribution is -0.137. The average molecular weight is 451 g/mol. The van der Waals surface area contributed by atoms with Gasteiger partial charge in [0.05, 0.1) is 6.54 Å². The lowest BCUT2D eigenvalue weighted by Gasteiger charge is -2.35. The maximum atomic E-state index is 12.8. The molecule has 8 nitrogen and oxygen atoms in total. The molecule has 2 aromatic rings. The third-order valence-corrected chi connectivity index (χ3v) is 6.71. The first kappa shape index (κ1) is 23.2. The van der Waals surface area contributed by atoms with E-state index in [1.807, 2.05) is 30.6 Å². The smallest absolute Gasteiger partial charge is 0.236 e. The van der Waals surface area contributed by atoms with Gasteiger partial charge < -0.3 is 20.4 Å². The van der Waals surface area contributed by atoms with Crippen LogP contribution in [0.25, 0.3) is 11.1 Å². The van der Waals surface area contributed by atoms with Gasteiger partial charge in [-0.2, -0.15) is 0 Å². The van der Waals surface area contributed by atoms with Gasteiger partial charge >= 0.3 is 0 Å². The molecule has 0 unspecified atom stereocenters. The summed E-state index contributed by atoms with van der Waals surface area (Å²) < 4.78 is 0. The van der Waals surface area contributed by atoms with Crippen LogP contribution in [-0.4, -0.2) is 71.4 Å². The molecule has 8 heteroatoms. The van der Waals surface area contributed by atoms with Gasteiger partial charge in [0.15, 0.2) is 0 Å². The highest BCUT2D eigenvalue weighted by atomic mass is 16.2. The van der Waals surface area contributed by atoms with E-state index in [0.717, 1.165) is 68.6 Å². The van der Waals surface area contributed by atoms with Gasteiger partial charge in [0.25, 0.3) is 0 Å². The molecule has 0 bridgehead atoms. The van der Waals surface area contributed by atoms with Crippen molar-refractivity contribution in [3.63, 3.8) is 0 Å². The van der Waals surface area contributed by atoms with E-state index in [1.54, 1.807) is 11.9 Å². The molecule has 0 radical (unpaired) electrons. The summed E-state index contributed by atoms with van der Waals surface area (Å²) in [5.74, 6) is 1.09. The van der Waals surface area contributed by atoms with Crippen molar-refractivity contribution in [2.75, 3.05) is 44.7 Å². The van der Waals surface area contributed by atoms with Gasteiger partial charge in [-0.05, 0) is 49.3 Å². The Morgan fingerprint density at radius 3 is 2.39 bits per heavy atom. The molecule has 176 valence electrons. The second kappa shape index (κ2) is 10.7. The summed E-state index contributed by atoms with van der Waals surface area (Å²) in [5, 5.41) is 0. The first-order valence-corrected chi connectivity index (χ1v) is 11.9. The molecule has 3 heterocycles. The molecule has 4 rings (SSSR count). The number of benzene rings is 1. The van der Waals surface area contributed by atoms with Crippen molar-refractivity contribution in [1.82, 2.24) is 19.8 Å². The molecular formula is C25H34N6O2. The highest BCUT2D eigenvalue weighted by Gasteiger charge is 2.29. The van der Waals surface area contributed by atoms with Crippen LogP contribution in [0.4, 0.5) is 5.95 Å². The van der Waals surface area contributed by atoms with Crippen LogP contribution in [0.2, 0.25) is 0 Å². The number of piperidine rings is 2. The Kier molecular flexibility index (Phi) is 7.54. The summed E-state index contributed by atoms with van der Waals surface area (Å²) in [5.41, 5.74) is 8.42. The Balaban J connectivity index is 1.35. The van der Waals surface area contributed by atoms with Crippen LogP contribution in [0, 0.1) is 5.92 Å². The van der Waals surface area contributed by atoms with E-state index < -0.39 is 0 Å². The Hall–Kier alpha value is -3.00. The maximum absolute atomic E-state index is 12.8. The fraction of sp³-hybridized carbons (Fsp3) is 0.520. The number of anilines is 1. The van der Waals surface area contributed by atoms with Gasteiger partial charge in [-0.25, -0.2) is 9.97 Å². The minimum atomic E-state index is -0.0884. The third kappa shape index (κ3) is 5.68. The van der Waals surface area contributed by atoms with Crippen molar-refractivity contribution < 1.29 is 9.59 Å². The molecule has 33 heavy (non-hydrogen) atoms. The summed E-state index contributed by atoms with van der Waals surface area (Å²) in [4.78, 5) is 39.6. The van der Waals surface area contributed by atoms with E-state index in [-0.39, 0.29) is 18.4 Å². The highest BCUT2D eigenvalue weighted by Crippen LogP contribution is 2.25. The fourth-order valence-corrected chi connectivity index (χ4v) is 4.70. The molecule has 2 saturated heterocycles. The van der Waals surface area contributed by atoms with Crippen molar-refractivity contribution in [2.45, 2.75) is 38.6 Å². The topological polar surface area (TPSA) is 95.7 Å². The summed E-state index contributed by atoms with van der Waals surface area (Å²) in [6, 6.07) is 8.04. The number of likely N-dealkylation sites (tertiary alicyclic amines) is 1. The van der Waals surface area contributed by atoms with Gasteiger partial charge in [0, 0.05) is 63.6 Å². The molecular weight excluding hydrogens is 416 g/mol. The zero-order valence-corrected chi connectivity index (χ0v) is 19.4. The largest absolute Gasteiger partial charge is 0.342 e. The normalized spacial score (nSPS) is 17.2. The van der Waals surface area contributed by atoms with Gasteiger partial charge in [-0.1, -0.05) is 18.2 Å². The molecule has 2 aliphatic heterocycles. The molecule has 0 atom stereocenters. The zero-order valence-electron chi connectivity index (χ0n) is 19.4. The number of carbonyl (C=O) groups excluding carboxylic acids is 2. The van der Waals surface area contributed by atoms with E-state index in [1.165, 1.54) is 6.42 Å². The molecule has 2 fully saturated rings. The minimum Gasteiger partial charge on any atom is -0.342 e. The number of nitrogens with zero attached hydrogens (tertiary/aromatic N) is 5. The van der Waals surface area contributed by atoms with Crippen LogP contribution in [0.3, 0.4) is 0 Å². The Labute approximate surface area is 195 Å². The molecule has 1 aromatic carbocycles. The monoisotopic (exact) mass is 450 g/mol. The lowest BCUT2D eigenvalue weighted by atomic mass is 9.94. The van der Waals surface area contributed by atoms with Crippen molar-refractivity contribution in [3.8, 4) is 11.1 Å². The van der Waals surface area contributed by atoms with Crippen LogP contribution in [0.5, 0.6) is 0 Å². The predicted molar refractivity (Wildman–Crippen MR) is 128 cm³/mol. The highest BCUT2D eigenvalue weighted by molar-refractivity contribution is 5.79. The van der Waals surface area contributed by atoms with E-state index in [9.17, 15) is 9.59 Å². The number of carbonyl (C=O) groups is 2. The molecule has 0 spiro atoms. The number of rotatable bonds is 6. The molecule has 0 saturated carbocycles.